The lowest BCUT2D eigenvalue weighted by atomic mass is 10.2. The van der Waals surface area contributed by atoms with Gasteiger partial charge in [-0.25, -0.2) is 17.5 Å². The summed E-state index contributed by atoms with van der Waals surface area (Å²) in [5.74, 6) is -0.414. The van der Waals surface area contributed by atoms with E-state index >= 15 is 0 Å². The molecule has 0 radical (unpaired) electrons. The maximum Gasteiger partial charge on any atom is 0.240 e. The van der Waals surface area contributed by atoms with Crippen LogP contribution in [0.5, 0.6) is 0 Å². The summed E-state index contributed by atoms with van der Waals surface area (Å²) >= 11 is 3.04. The Morgan fingerprint density at radius 1 is 1.24 bits per heavy atom. The van der Waals surface area contributed by atoms with Gasteiger partial charge in [0.25, 0.3) is 0 Å². The first kappa shape index (κ1) is 15.6. The highest BCUT2D eigenvalue weighted by Crippen LogP contribution is 2.17. The number of nitriles is 1. The van der Waals surface area contributed by atoms with Gasteiger partial charge in [0.1, 0.15) is 5.82 Å². The van der Waals surface area contributed by atoms with Gasteiger partial charge in [0.15, 0.2) is 0 Å². The smallest absolute Gasteiger partial charge is 0.207 e. The topological polar surface area (TPSA) is 70.0 Å². The van der Waals surface area contributed by atoms with Crippen molar-refractivity contribution in [1.82, 2.24) is 4.72 Å². The highest BCUT2D eigenvalue weighted by molar-refractivity contribution is 9.10. The molecule has 0 bridgehead atoms. The van der Waals surface area contributed by atoms with E-state index in [0.29, 0.717) is 5.56 Å². The van der Waals surface area contributed by atoms with Gasteiger partial charge in [-0.05, 0) is 51.8 Å². The zero-order valence-corrected chi connectivity index (χ0v) is 13.1. The molecule has 0 amide bonds. The van der Waals surface area contributed by atoms with Crippen LogP contribution in [0.25, 0.3) is 0 Å². The molecule has 0 saturated heterocycles. The molecule has 108 valence electrons. The van der Waals surface area contributed by atoms with E-state index in [2.05, 4.69) is 20.7 Å². The Hall–Kier alpha value is -1.75. The zero-order chi connectivity index (χ0) is 15.5. The van der Waals surface area contributed by atoms with Crippen molar-refractivity contribution in [2.24, 2.45) is 0 Å². The van der Waals surface area contributed by atoms with Crippen molar-refractivity contribution in [3.63, 3.8) is 0 Å². The first-order chi connectivity index (χ1) is 9.92. The van der Waals surface area contributed by atoms with E-state index in [-0.39, 0.29) is 21.5 Å². The van der Waals surface area contributed by atoms with Crippen LogP contribution in [0, 0.1) is 17.1 Å². The van der Waals surface area contributed by atoms with Crippen molar-refractivity contribution in [3.05, 3.63) is 63.9 Å². The van der Waals surface area contributed by atoms with Crippen LogP contribution in [0.1, 0.15) is 11.1 Å². The average molecular weight is 369 g/mol. The van der Waals surface area contributed by atoms with Crippen LogP contribution in [0.3, 0.4) is 0 Å². The first-order valence-electron chi connectivity index (χ1n) is 5.86. The second kappa shape index (κ2) is 6.35. The third-order valence-corrected chi connectivity index (χ3v) is 4.73. The predicted molar refractivity (Wildman–Crippen MR) is 79.3 cm³/mol. The first-order valence-corrected chi connectivity index (χ1v) is 8.14. The molecule has 0 saturated carbocycles. The SMILES string of the molecule is N#Cc1cccc(S(=O)(=O)NCc2ccc(F)c(Br)c2)c1. The Morgan fingerprint density at radius 3 is 2.67 bits per heavy atom. The minimum absolute atomic E-state index is 0.0164. The molecule has 0 unspecified atom stereocenters. The van der Waals surface area contributed by atoms with E-state index in [0.717, 1.165) is 0 Å². The lowest BCUT2D eigenvalue weighted by molar-refractivity contribution is 0.581. The summed E-state index contributed by atoms with van der Waals surface area (Å²) in [7, 11) is -3.72. The molecule has 0 aromatic heterocycles. The Balaban J connectivity index is 2.17. The third-order valence-electron chi connectivity index (χ3n) is 2.72. The zero-order valence-electron chi connectivity index (χ0n) is 10.7. The summed E-state index contributed by atoms with van der Waals surface area (Å²) < 4.78 is 40.0. The molecular formula is C14H10BrFN2O2S. The largest absolute Gasteiger partial charge is 0.240 e. The van der Waals surface area contributed by atoms with Crippen molar-refractivity contribution in [2.45, 2.75) is 11.4 Å². The minimum Gasteiger partial charge on any atom is -0.207 e. The number of hydrogen-bond donors (Lipinski definition) is 1. The van der Waals surface area contributed by atoms with Gasteiger partial charge in [-0.2, -0.15) is 5.26 Å². The molecule has 0 heterocycles. The summed E-state index contributed by atoms with van der Waals surface area (Å²) in [6.45, 7) is 0.0258. The van der Waals surface area contributed by atoms with Crippen LogP contribution in [-0.2, 0) is 16.6 Å². The number of sulfonamides is 1. The van der Waals surface area contributed by atoms with Gasteiger partial charge >= 0.3 is 0 Å². The molecular weight excluding hydrogens is 359 g/mol. The second-order valence-electron chi connectivity index (χ2n) is 4.21. The Bertz CT molecular complexity index is 816. The van der Waals surface area contributed by atoms with Crippen molar-refractivity contribution in [2.75, 3.05) is 0 Å². The number of nitrogens with zero attached hydrogens (tertiary/aromatic N) is 1. The van der Waals surface area contributed by atoms with Gasteiger partial charge in [0, 0.05) is 6.54 Å². The van der Waals surface area contributed by atoms with E-state index < -0.39 is 15.8 Å². The van der Waals surface area contributed by atoms with Gasteiger partial charge in [-0.15, -0.1) is 0 Å². The van der Waals surface area contributed by atoms with Gasteiger partial charge < -0.3 is 0 Å². The average Bonchev–Trinajstić information content (AvgIpc) is 2.48. The Kier molecular flexibility index (Phi) is 4.73. The molecule has 1 N–H and O–H groups in total. The number of hydrogen-bond acceptors (Lipinski definition) is 3. The predicted octanol–water partition coefficient (Wildman–Crippen LogP) is 2.94. The number of benzene rings is 2. The van der Waals surface area contributed by atoms with E-state index in [9.17, 15) is 12.8 Å². The molecule has 0 aliphatic rings. The quantitative estimate of drug-likeness (QED) is 0.901. The highest BCUT2D eigenvalue weighted by Gasteiger charge is 2.14. The standard InChI is InChI=1S/C14H10BrFN2O2S/c15-13-7-11(4-5-14(13)16)9-18-21(19,20)12-3-1-2-10(6-12)8-17/h1-7,18H,9H2. The summed E-state index contributed by atoms with van der Waals surface area (Å²) in [5, 5.41) is 8.79. The van der Waals surface area contributed by atoms with Crippen LogP contribution in [0.2, 0.25) is 0 Å². The summed E-state index contributed by atoms with van der Waals surface area (Å²) in [6.07, 6.45) is 0. The lowest BCUT2D eigenvalue weighted by Crippen LogP contribution is -2.23. The molecule has 21 heavy (non-hydrogen) atoms. The lowest BCUT2D eigenvalue weighted by Gasteiger charge is -2.07. The molecule has 7 heteroatoms. The van der Waals surface area contributed by atoms with Gasteiger partial charge in [-0.3, -0.25) is 0 Å². The summed E-state index contributed by atoms with van der Waals surface area (Å²) in [5.41, 5.74) is 0.880. The van der Waals surface area contributed by atoms with Crippen LogP contribution in [-0.4, -0.2) is 8.42 Å². The number of halogens is 2. The molecule has 0 atom stereocenters. The molecule has 2 aromatic carbocycles. The van der Waals surface area contributed by atoms with Crippen molar-refractivity contribution in [1.29, 1.82) is 5.26 Å². The van der Waals surface area contributed by atoms with Crippen LogP contribution >= 0.6 is 15.9 Å². The van der Waals surface area contributed by atoms with Crippen molar-refractivity contribution < 1.29 is 12.8 Å². The molecule has 0 aliphatic heterocycles. The maximum atomic E-state index is 13.1. The molecule has 0 aliphatic carbocycles. The second-order valence-corrected chi connectivity index (χ2v) is 6.83. The summed E-state index contributed by atoms with van der Waals surface area (Å²) in [6, 6.07) is 11.9. The van der Waals surface area contributed by atoms with Gasteiger partial charge in [-0.1, -0.05) is 12.1 Å². The Morgan fingerprint density at radius 2 is 2.00 bits per heavy atom. The normalized spacial score (nSPS) is 11.1. The molecule has 4 nitrogen and oxygen atoms in total. The van der Waals surface area contributed by atoms with Crippen LogP contribution in [0.15, 0.2) is 51.8 Å². The molecule has 2 aromatic rings. The number of rotatable bonds is 4. The monoisotopic (exact) mass is 368 g/mol. The fourth-order valence-corrected chi connectivity index (χ4v) is 3.13. The minimum atomic E-state index is -3.72. The van der Waals surface area contributed by atoms with E-state index in [4.69, 9.17) is 5.26 Å². The molecule has 0 fully saturated rings. The van der Waals surface area contributed by atoms with Crippen LogP contribution < -0.4 is 4.72 Å². The molecule has 0 spiro atoms. The van der Waals surface area contributed by atoms with Gasteiger partial charge in [0.2, 0.25) is 10.0 Å². The van der Waals surface area contributed by atoms with Crippen LogP contribution in [0.4, 0.5) is 4.39 Å². The highest BCUT2D eigenvalue weighted by atomic mass is 79.9. The van der Waals surface area contributed by atoms with Crippen molar-refractivity contribution >= 4 is 26.0 Å². The van der Waals surface area contributed by atoms with E-state index in [1.54, 1.807) is 0 Å². The fraction of sp³-hybridized carbons (Fsp3) is 0.0714. The maximum absolute atomic E-state index is 13.1. The van der Waals surface area contributed by atoms with Gasteiger partial charge in [0.05, 0.1) is 21.0 Å². The Labute approximate surface area is 130 Å². The third kappa shape index (κ3) is 3.88. The molecule has 2 rings (SSSR count). The summed E-state index contributed by atoms with van der Waals surface area (Å²) in [4.78, 5) is 0.0164. The van der Waals surface area contributed by atoms with E-state index in [1.165, 1.54) is 42.5 Å². The fourth-order valence-electron chi connectivity index (χ4n) is 1.64. The van der Waals surface area contributed by atoms with E-state index in [1.807, 2.05) is 6.07 Å². The number of nitrogens with one attached hydrogen (secondary N) is 1. The van der Waals surface area contributed by atoms with Crippen molar-refractivity contribution in [3.8, 4) is 6.07 Å².